The average Bonchev–Trinajstić information content (AvgIpc) is 2.32. The van der Waals surface area contributed by atoms with Crippen LogP contribution in [0.1, 0.15) is 12.5 Å². The molecule has 3 nitrogen and oxygen atoms in total. The molecule has 1 unspecified atom stereocenters. The van der Waals surface area contributed by atoms with Crippen molar-refractivity contribution in [1.29, 1.82) is 0 Å². The molecule has 2 rings (SSSR count). The van der Waals surface area contributed by atoms with Crippen LogP contribution in [0.5, 0.6) is 0 Å². The molecule has 0 aliphatic rings. The van der Waals surface area contributed by atoms with E-state index in [0.29, 0.717) is 5.82 Å². The summed E-state index contributed by atoms with van der Waals surface area (Å²) in [5.74, 6) is 1.04. The molecule has 1 aromatic heterocycles. The van der Waals surface area contributed by atoms with E-state index in [1.54, 1.807) is 18.2 Å². The molecule has 0 bridgehead atoms. The number of aromatic nitrogens is 1. The fraction of sp³-hybridized carbons (Fsp3) is 0.214. The minimum Gasteiger partial charge on any atom is -0.384 e. The zero-order valence-electron chi connectivity index (χ0n) is 10.2. The first-order valence-electron chi connectivity index (χ1n) is 5.87. The van der Waals surface area contributed by atoms with Crippen molar-refractivity contribution in [3.05, 3.63) is 53.8 Å². The summed E-state index contributed by atoms with van der Waals surface area (Å²) < 4.78 is 12.8. The van der Waals surface area contributed by atoms with Gasteiger partial charge >= 0.3 is 0 Å². The fourth-order valence-corrected chi connectivity index (χ4v) is 1.81. The molecule has 4 heteroatoms. The minimum absolute atomic E-state index is 0.199. The Bertz CT molecular complexity index is 511. The zero-order valence-corrected chi connectivity index (χ0v) is 10.2. The van der Waals surface area contributed by atoms with E-state index in [2.05, 4.69) is 10.3 Å². The van der Waals surface area contributed by atoms with Crippen LogP contribution in [0.25, 0.3) is 0 Å². The van der Waals surface area contributed by atoms with Crippen LogP contribution < -0.4 is 11.1 Å². The predicted octanol–water partition coefficient (Wildman–Crippen LogP) is 2.85. The number of halogens is 1. The monoisotopic (exact) mass is 245 g/mol. The summed E-state index contributed by atoms with van der Waals surface area (Å²) in [6.45, 7) is 2.05. The van der Waals surface area contributed by atoms with E-state index in [-0.39, 0.29) is 11.9 Å². The van der Waals surface area contributed by atoms with Gasteiger partial charge in [0.1, 0.15) is 17.5 Å². The Hall–Kier alpha value is -2.10. The van der Waals surface area contributed by atoms with E-state index in [1.807, 2.05) is 19.1 Å². The Morgan fingerprint density at radius 2 is 1.94 bits per heavy atom. The highest BCUT2D eigenvalue weighted by atomic mass is 19.1. The van der Waals surface area contributed by atoms with Crippen molar-refractivity contribution >= 4 is 11.6 Å². The second kappa shape index (κ2) is 5.49. The number of benzene rings is 1. The molecule has 0 saturated heterocycles. The molecule has 3 N–H and O–H groups in total. The maximum atomic E-state index is 12.8. The molecule has 2 aromatic rings. The number of nitrogens with two attached hydrogens (primary N) is 1. The number of nitrogen functional groups attached to an aromatic ring is 1. The summed E-state index contributed by atoms with van der Waals surface area (Å²) in [5, 5.41) is 3.26. The summed E-state index contributed by atoms with van der Waals surface area (Å²) in [6.07, 6.45) is 0.802. The summed E-state index contributed by atoms with van der Waals surface area (Å²) in [4.78, 5) is 4.18. The van der Waals surface area contributed by atoms with Crippen LogP contribution in [0, 0.1) is 5.82 Å². The van der Waals surface area contributed by atoms with Crippen molar-refractivity contribution in [2.24, 2.45) is 0 Å². The van der Waals surface area contributed by atoms with Crippen molar-refractivity contribution in [1.82, 2.24) is 4.98 Å². The Morgan fingerprint density at radius 3 is 2.61 bits per heavy atom. The van der Waals surface area contributed by atoms with Crippen LogP contribution in [0.4, 0.5) is 16.0 Å². The second-order valence-electron chi connectivity index (χ2n) is 4.32. The number of pyridine rings is 1. The molecule has 1 heterocycles. The van der Waals surface area contributed by atoms with Crippen LogP contribution >= 0.6 is 0 Å². The van der Waals surface area contributed by atoms with Crippen molar-refractivity contribution < 1.29 is 4.39 Å². The third-order valence-electron chi connectivity index (χ3n) is 2.62. The molecule has 18 heavy (non-hydrogen) atoms. The van der Waals surface area contributed by atoms with Crippen LogP contribution in [0.15, 0.2) is 42.5 Å². The highest BCUT2D eigenvalue weighted by Crippen LogP contribution is 2.11. The van der Waals surface area contributed by atoms with E-state index in [0.717, 1.165) is 17.8 Å². The largest absolute Gasteiger partial charge is 0.384 e. The molecule has 0 saturated carbocycles. The van der Waals surface area contributed by atoms with Crippen molar-refractivity contribution in [2.45, 2.75) is 19.4 Å². The van der Waals surface area contributed by atoms with Gasteiger partial charge in [0.05, 0.1) is 0 Å². The van der Waals surface area contributed by atoms with E-state index >= 15 is 0 Å². The van der Waals surface area contributed by atoms with E-state index in [9.17, 15) is 4.39 Å². The van der Waals surface area contributed by atoms with Gasteiger partial charge in [-0.25, -0.2) is 9.37 Å². The maximum absolute atomic E-state index is 12.8. The second-order valence-corrected chi connectivity index (χ2v) is 4.32. The van der Waals surface area contributed by atoms with Crippen molar-refractivity contribution in [2.75, 3.05) is 11.1 Å². The van der Waals surface area contributed by atoms with Gasteiger partial charge in [-0.2, -0.15) is 0 Å². The summed E-state index contributed by atoms with van der Waals surface area (Å²) in [5.41, 5.74) is 6.69. The normalized spacial score (nSPS) is 12.1. The van der Waals surface area contributed by atoms with Crippen molar-refractivity contribution in [3.8, 4) is 0 Å². The molecule has 0 amide bonds. The zero-order chi connectivity index (χ0) is 13.0. The number of hydrogen-bond acceptors (Lipinski definition) is 3. The predicted molar refractivity (Wildman–Crippen MR) is 71.8 cm³/mol. The molecule has 1 atom stereocenters. The molecule has 1 aromatic carbocycles. The van der Waals surface area contributed by atoms with Gasteiger partial charge in [0.25, 0.3) is 0 Å². The first-order valence-corrected chi connectivity index (χ1v) is 5.87. The number of anilines is 2. The Labute approximate surface area is 106 Å². The van der Waals surface area contributed by atoms with Gasteiger partial charge in [0, 0.05) is 6.04 Å². The molecule has 0 radical (unpaired) electrons. The molecule has 0 aliphatic carbocycles. The van der Waals surface area contributed by atoms with Crippen molar-refractivity contribution in [3.63, 3.8) is 0 Å². The summed E-state index contributed by atoms with van der Waals surface area (Å²) in [7, 11) is 0. The maximum Gasteiger partial charge on any atom is 0.128 e. The molecule has 94 valence electrons. The fourth-order valence-electron chi connectivity index (χ4n) is 1.81. The molecular weight excluding hydrogens is 229 g/mol. The van der Waals surface area contributed by atoms with Crippen LogP contribution in [0.2, 0.25) is 0 Å². The van der Waals surface area contributed by atoms with Gasteiger partial charge in [0.2, 0.25) is 0 Å². The summed E-state index contributed by atoms with van der Waals surface area (Å²) >= 11 is 0. The van der Waals surface area contributed by atoms with Gasteiger partial charge in [-0.3, -0.25) is 0 Å². The average molecular weight is 245 g/mol. The van der Waals surface area contributed by atoms with Gasteiger partial charge in [-0.15, -0.1) is 0 Å². The Morgan fingerprint density at radius 1 is 1.22 bits per heavy atom. The number of nitrogens with zero attached hydrogens (tertiary/aromatic N) is 1. The number of nitrogens with one attached hydrogen (secondary N) is 1. The van der Waals surface area contributed by atoms with Crippen LogP contribution in [-0.4, -0.2) is 11.0 Å². The Balaban J connectivity index is 1.96. The standard InChI is InChI=1S/C14H16FN3/c1-10(9-11-5-7-12(15)8-6-11)17-14-4-2-3-13(16)18-14/h2-8,10H,9H2,1H3,(H3,16,17,18). The van der Waals surface area contributed by atoms with E-state index in [1.165, 1.54) is 12.1 Å². The Kier molecular flexibility index (Phi) is 3.77. The molecule has 0 spiro atoms. The quantitative estimate of drug-likeness (QED) is 0.870. The van der Waals surface area contributed by atoms with Gasteiger partial charge in [-0.05, 0) is 43.2 Å². The number of hydrogen-bond donors (Lipinski definition) is 2. The van der Waals surface area contributed by atoms with Gasteiger partial charge < -0.3 is 11.1 Å². The highest BCUT2D eigenvalue weighted by molar-refractivity contribution is 5.43. The van der Waals surface area contributed by atoms with E-state index in [4.69, 9.17) is 5.73 Å². The smallest absolute Gasteiger partial charge is 0.128 e. The third kappa shape index (κ3) is 3.45. The topological polar surface area (TPSA) is 50.9 Å². The van der Waals surface area contributed by atoms with Gasteiger partial charge in [-0.1, -0.05) is 18.2 Å². The summed E-state index contributed by atoms with van der Waals surface area (Å²) in [6, 6.07) is 12.2. The minimum atomic E-state index is -0.211. The molecule has 0 fully saturated rings. The lowest BCUT2D eigenvalue weighted by molar-refractivity contribution is 0.626. The number of rotatable bonds is 4. The lowest BCUT2D eigenvalue weighted by atomic mass is 10.1. The first-order chi connectivity index (χ1) is 8.63. The first kappa shape index (κ1) is 12.4. The van der Waals surface area contributed by atoms with Crippen LogP contribution in [0.3, 0.4) is 0 Å². The highest BCUT2D eigenvalue weighted by Gasteiger charge is 2.04. The van der Waals surface area contributed by atoms with Crippen LogP contribution in [-0.2, 0) is 6.42 Å². The lowest BCUT2D eigenvalue weighted by Gasteiger charge is -2.14. The SMILES string of the molecule is CC(Cc1ccc(F)cc1)Nc1cccc(N)n1. The molecule has 0 aliphatic heterocycles. The van der Waals surface area contributed by atoms with E-state index < -0.39 is 0 Å². The lowest BCUT2D eigenvalue weighted by Crippen LogP contribution is -2.19. The third-order valence-corrected chi connectivity index (χ3v) is 2.62. The molecular formula is C14H16FN3. The van der Waals surface area contributed by atoms with Gasteiger partial charge in [0.15, 0.2) is 0 Å².